The highest BCUT2D eigenvalue weighted by Crippen LogP contribution is 2.16. The van der Waals surface area contributed by atoms with Crippen LogP contribution in [0.2, 0.25) is 0 Å². The van der Waals surface area contributed by atoms with Crippen LogP contribution in [0.3, 0.4) is 0 Å². The molecule has 0 unspecified atom stereocenters. The number of nitrogens with one attached hydrogen (secondary N) is 1. The Morgan fingerprint density at radius 1 is 1.47 bits per heavy atom. The normalized spacial score (nSPS) is 11.6. The minimum absolute atomic E-state index is 0.0621. The number of anilines is 1. The third kappa shape index (κ3) is 3.95. The van der Waals surface area contributed by atoms with Crippen molar-refractivity contribution in [2.75, 3.05) is 25.5 Å². The molecule has 0 aromatic heterocycles. The Labute approximate surface area is 99.8 Å². The lowest BCUT2D eigenvalue weighted by Crippen LogP contribution is -2.27. The van der Waals surface area contributed by atoms with Gasteiger partial charge in [0.05, 0.1) is 17.2 Å². The molecule has 1 aromatic carbocycles. The number of benzene rings is 1. The van der Waals surface area contributed by atoms with E-state index in [1.54, 1.807) is 0 Å². The first-order chi connectivity index (χ1) is 7.97. The van der Waals surface area contributed by atoms with E-state index in [1.165, 1.54) is 0 Å². The van der Waals surface area contributed by atoms with Gasteiger partial charge in [-0.25, -0.2) is 17.5 Å². The molecule has 0 fully saturated rings. The molecule has 0 aliphatic rings. The molecule has 3 N–H and O–H groups in total. The molecule has 1 rings (SSSR count). The zero-order valence-corrected chi connectivity index (χ0v) is 10.3. The zero-order valence-electron chi connectivity index (χ0n) is 9.44. The topological polar surface area (TPSA) is 81.4 Å². The number of nitrogens with two attached hydrogens (primary N) is 1. The van der Waals surface area contributed by atoms with Gasteiger partial charge in [0.25, 0.3) is 0 Å². The standard InChI is InChI=1S/C10H15FN2O3S/c1-2-16-6-5-13-17(14,15)8-3-4-9(11)10(12)7-8/h3-4,7,13H,2,5-6,12H2,1H3. The average Bonchev–Trinajstić information content (AvgIpc) is 2.28. The third-order valence-corrected chi connectivity index (χ3v) is 3.48. The third-order valence-electron chi connectivity index (χ3n) is 2.02. The van der Waals surface area contributed by atoms with Crippen molar-refractivity contribution < 1.29 is 17.5 Å². The van der Waals surface area contributed by atoms with Gasteiger partial charge in [-0.2, -0.15) is 0 Å². The summed E-state index contributed by atoms with van der Waals surface area (Å²) in [6.45, 7) is 2.78. The lowest BCUT2D eigenvalue weighted by Gasteiger charge is -2.07. The van der Waals surface area contributed by atoms with Crippen LogP contribution >= 0.6 is 0 Å². The van der Waals surface area contributed by atoms with Gasteiger partial charge in [-0.15, -0.1) is 0 Å². The van der Waals surface area contributed by atoms with Crippen molar-refractivity contribution in [3.05, 3.63) is 24.0 Å². The molecule has 0 bridgehead atoms. The van der Waals surface area contributed by atoms with Crippen LogP contribution in [-0.4, -0.2) is 28.2 Å². The van der Waals surface area contributed by atoms with Crippen molar-refractivity contribution in [3.8, 4) is 0 Å². The van der Waals surface area contributed by atoms with E-state index in [0.29, 0.717) is 6.61 Å². The fourth-order valence-corrected chi connectivity index (χ4v) is 2.21. The molecule has 7 heteroatoms. The molecule has 0 aliphatic carbocycles. The van der Waals surface area contributed by atoms with Gasteiger partial charge in [-0.3, -0.25) is 0 Å². The molecule has 0 radical (unpaired) electrons. The quantitative estimate of drug-likeness (QED) is 0.584. The van der Waals surface area contributed by atoms with Crippen LogP contribution in [0.4, 0.5) is 10.1 Å². The van der Waals surface area contributed by atoms with E-state index >= 15 is 0 Å². The Balaban J connectivity index is 2.72. The average molecular weight is 262 g/mol. The molecular formula is C10H15FN2O3S. The van der Waals surface area contributed by atoms with E-state index in [2.05, 4.69) is 4.72 Å². The van der Waals surface area contributed by atoms with Crippen LogP contribution in [0.5, 0.6) is 0 Å². The summed E-state index contributed by atoms with van der Waals surface area (Å²) in [5.74, 6) is -0.640. The first-order valence-corrected chi connectivity index (χ1v) is 6.58. The zero-order chi connectivity index (χ0) is 12.9. The Hall–Kier alpha value is -1.18. The lowest BCUT2D eigenvalue weighted by atomic mass is 10.3. The Kier molecular flexibility index (Phi) is 4.86. The summed E-state index contributed by atoms with van der Waals surface area (Å²) in [7, 11) is -3.66. The monoisotopic (exact) mass is 262 g/mol. The van der Waals surface area contributed by atoms with Gasteiger partial charge in [0.15, 0.2) is 0 Å². The highest BCUT2D eigenvalue weighted by atomic mass is 32.2. The first kappa shape index (κ1) is 13.9. The Morgan fingerprint density at radius 3 is 2.76 bits per heavy atom. The fourth-order valence-electron chi connectivity index (χ4n) is 1.16. The van der Waals surface area contributed by atoms with Gasteiger partial charge in [-0.1, -0.05) is 0 Å². The van der Waals surface area contributed by atoms with Crippen LogP contribution in [0.25, 0.3) is 0 Å². The predicted molar refractivity (Wildman–Crippen MR) is 62.5 cm³/mol. The molecule has 0 aliphatic heterocycles. The van der Waals surface area contributed by atoms with Crippen molar-refractivity contribution >= 4 is 15.7 Å². The summed E-state index contributed by atoms with van der Waals surface area (Å²) in [6, 6.07) is 3.26. The second kappa shape index (κ2) is 5.95. The molecule has 0 saturated heterocycles. The molecule has 0 heterocycles. The summed E-state index contributed by atoms with van der Waals surface area (Å²) >= 11 is 0. The number of hydrogen-bond donors (Lipinski definition) is 2. The van der Waals surface area contributed by atoms with Crippen molar-refractivity contribution in [1.29, 1.82) is 0 Å². The summed E-state index contributed by atoms with van der Waals surface area (Å²) in [6.07, 6.45) is 0. The van der Waals surface area contributed by atoms with Crippen LogP contribution in [0.15, 0.2) is 23.1 Å². The number of halogens is 1. The maximum Gasteiger partial charge on any atom is 0.240 e. The van der Waals surface area contributed by atoms with Crippen molar-refractivity contribution in [2.45, 2.75) is 11.8 Å². The predicted octanol–water partition coefficient (Wildman–Crippen LogP) is 0.723. The minimum atomic E-state index is -3.66. The maximum absolute atomic E-state index is 12.9. The van der Waals surface area contributed by atoms with E-state index in [-0.39, 0.29) is 23.7 Å². The fraction of sp³-hybridized carbons (Fsp3) is 0.400. The van der Waals surface area contributed by atoms with Crippen LogP contribution in [-0.2, 0) is 14.8 Å². The summed E-state index contributed by atoms with van der Waals surface area (Å²) in [5.41, 5.74) is 5.11. The van der Waals surface area contributed by atoms with E-state index in [4.69, 9.17) is 10.5 Å². The Morgan fingerprint density at radius 2 is 2.18 bits per heavy atom. The molecular weight excluding hydrogens is 247 g/mol. The van der Waals surface area contributed by atoms with Crippen molar-refractivity contribution in [1.82, 2.24) is 4.72 Å². The number of ether oxygens (including phenoxy) is 1. The second-order valence-corrected chi connectivity index (χ2v) is 5.04. The molecule has 0 saturated carbocycles. The van der Waals surface area contributed by atoms with Gasteiger partial charge in [0.2, 0.25) is 10.0 Å². The van der Waals surface area contributed by atoms with Crippen LogP contribution < -0.4 is 10.5 Å². The molecule has 96 valence electrons. The highest BCUT2D eigenvalue weighted by molar-refractivity contribution is 7.89. The molecule has 5 nitrogen and oxygen atoms in total. The SMILES string of the molecule is CCOCCNS(=O)(=O)c1ccc(F)c(N)c1. The molecule has 0 atom stereocenters. The van der Waals surface area contributed by atoms with Gasteiger partial charge in [-0.05, 0) is 25.1 Å². The summed E-state index contributed by atoms with van der Waals surface area (Å²) in [4.78, 5) is -0.0621. The Bertz CT molecular complexity index is 476. The molecule has 17 heavy (non-hydrogen) atoms. The second-order valence-electron chi connectivity index (χ2n) is 3.28. The van der Waals surface area contributed by atoms with Gasteiger partial charge in [0.1, 0.15) is 5.82 Å². The van der Waals surface area contributed by atoms with Gasteiger partial charge in [0, 0.05) is 13.2 Å². The van der Waals surface area contributed by atoms with Gasteiger partial charge < -0.3 is 10.5 Å². The lowest BCUT2D eigenvalue weighted by molar-refractivity contribution is 0.153. The maximum atomic E-state index is 12.9. The number of nitrogen functional groups attached to an aromatic ring is 1. The number of rotatable bonds is 6. The van der Waals surface area contributed by atoms with Crippen molar-refractivity contribution in [3.63, 3.8) is 0 Å². The highest BCUT2D eigenvalue weighted by Gasteiger charge is 2.14. The van der Waals surface area contributed by atoms with Crippen LogP contribution in [0.1, 0.15) is 6.92 Å². The summed E-state index contributed by atoms with van der Waals surface area (Å²) in [5, 5.41) is 0. The van der Waals surface area contributed by atoms with E-state index < -0.39 is 15.8 Å². The van der Waals surface area contributed by atoms with E-state index in [1.807, 2.05) is 6.92 Å². The summed E-state index contributed by atoms with van der Waals surface area (Å²) < 4.78 is 43.6. The molecule has 0 amide bonds. The van der Waals surface area contributed by atoms with E-state index in [0.717, 1.165) is 18.2 Å². The minimum Gasteiger partial charge on any atom is -0.396 e. The largest absolute Gasteiger partial charge is 0.396 e. The van der Waals surface area contributed by atoms with Gasteiger partial charge >= 0.3 is 0 Å². The van der Waals surface area contributed by atoms with E-state index in [9.17, 15) is 12.8 Å². The first-order valence-electron chi connectivity index (χ1n) is 5.10. The van der Waals surface area contributed by atoms with Crippen molar-refractivity contribution in [2.24, 2.45) is 0 Å². The molecule has 1 aromatic rings. The van der Waals surface area contributed by atoms with Crippen LogP contribution in [0, 0.1) is 5.82 Å². The number of hydrogen-bond acceptors (Lipinski definition) is 4. The molecule has 0 spiro atoms. The number of sulfonamides is 1. The smallest absolute Gasteiger partial charge is 0.240 e.